The van der Waals surface area contributed by atoms with E-state index in [0.717, 1.165) is 17.2 Å². The number of H-pyrrole nitrogens is 1. The van der Waals surface area contributed by atoms with Gasteiger partial charge in [-0.15, -0.1) is 0 Å². The molecule has 2 rings (SSSR count). The first kappa shape index (κ1) is 9.65. The van der Waals surface area contributed by atoms with E-state index in [9.17, 15) is 9.59 Å². The van der Waals surface area contributed by atoms with E-state index in [4.69, 9.17) is 0 Å². The van der Waals surface area contributed by atoms with Crippen LogP contribution in [0, 0.1) is 0 Å². The number of pyridine rings is 1. The number of carbonyl (C=O) groups is 1. The van der Waals surface area contributed by atoms with Crippen LogP contribution >= 0.6 is 0 Å². The highest BCUT2D eigenvalue weighted by molar-refractivity contribution is 5.86. The molecule has 0 radical (unpaired) electrons. The van der Waals surface area contributed by atoms with Crippen molar-refractivity contribution in [3.8, 4) is 0 Å². The molecule has 0 spiro atoms. The van der Waals surface area contributed by atoms with E-state index >= 15 is 0 Å². The van der Waals surface area contributed by atoms with Crippen molar-refractivity contribution in [3.63, 3.8) is 0 Å². The fourth-order valence-electron chi connectivity index (χ4n) is 1.60. The second-order valence-corrected chi connectivity index (χ2v) is 3.44. The highest BCUT2D eigenvalue weighted by Crippen LogP contribution is 2.12. The number of hydrogen-bond donors (Lipinski definition) is 1. The molecule has 1 N–H and O–H groups in total. The van der Waals surface area contributed by atoms with Crippen molar-refractivity contribution in [2.45, 2.75) is 13.3 Å². The predicted octanol–water partition coefficient (Wildman–Crippen LogP) is 1.90. The van der Waals surface area contributed by atoms with Gasteiger partial charge in [-0.05, 0) is 23.9 Å². The average Bonchev–Trinajstić information content (AvgIpc) is 2.27. The third-order valence-electron chi connectivity index (χ3n) is 2.46. The third kappa shape index (κ3) is 1.68. The van der Waals surface area contributed by atoms with Gasteiger partial charge >= 0.3 is 0 Å². The van der Waals surface area contributed by atoms with Crippen molar-refractivity contribution in [1.29, 1.82) is 0 Å². The van der Waals surface area contributed by atoms with Crippen molar-refractivity contribution in [2.24, 2.45) is 0 Å². The topological polar surface area (TPSA) is 49.9 Å². The van der Waals surface area contributed by atoms with E-state index in [2.05, 4.69) is 4.98 Å². The first-order chi connectivity index (χ1) is 7.24. The Hall–Kier alpha value is -1.90. The minimum Gasteiger partial charge on any atom is -0.322 e. The fraction of sp³-hybridized carbons (Fsp3) is 0.167. The van der Waals surface area contributed by atoms with Gasteiger partial charge in [0.05, 0.1) is 0 Å². The summed E-state index contributed by atoms with van der Waals surface area (Å²) in [6.07, 6.45) is 1.48. The Labute approximate surface area is 86.8 Å². The molecule has 0 saturated carbocycles. The second kappa shape index (κ2) is 3.69. The van der Waals surface area contributed by atoms with Crippen molar-refractivity contribution in [2.75, 3.05) is 0 Å². The number of aromatic nitrogens is 1. The lowest BCUT2D eigenvalue weighted by Gasteiger charge is -2.01. The summed E-state index contributed by atoms with van der Waals surface area (Å²) in [6, 6.07) is 7.13. The van der Waals surface area contributed by atoms with Crippen molar-refractivity contribution in [3.05, 3.63) is 45.7 Å². The van der Waals surface area contributed by atoms with Gasteiger partial charge in [0.1, 0.15) is 6.29 Å². The molecule has 0 bridgehead atoms. The third-order valence-corrected chi connectivity index (χ3v) is 2.46. The van der Waals surface area contributed by atoms with Crippen molar-refractivity contribution in [1.82, 2.24) is 4.98 Å². The van der Waals surface area contributed by atoms with Gasteiger partial charge in [0, 0.05) is 16.6 Å². The molecule has 0 saturated heterocycles. The summed E-state index contributed by atoms with van der Waals surface area (Å²) < 4.78 is 0. The molecule has 15 heavy (non-hydrogen) atoms. The quantitative estimate of drug-likeness (QED) is 0.754. The number of nitrogens with one attached hydrogen (secondary N) is 1. The lowest BCUT2D eigenvalue weighted by atomic mass is 10.1. The first-order valence-corrected chi connectivity index (χ1v) is 4.85. The molecule has 76 valence electrons. The normalized spacial score (nSPS) is 10.5. The lowest BCUT2D eigenvalue weighted by molar-refractivity contribution is 0.112. The molecule has 0 aliphatic heterocycles. The molecule has 0 aliphatic carbocycles. The average molecular weight is 201 g/mol. The molecule has 2 aromatic rings. The first-order valence-electron chi connectivity index (χ1n) is 4.85. The lowest BCUT2D eigenvalue weighted by Crippen LogP contribution is -2.11. The van der Waals surface area contributed by atoms with Crippen LogP contribution in [-0.4, -0.2) is 11.3 Å². The number of fused-ring (bicyclic) bond motifs is 1. The Morgan fingerprint density at radius 2 is 2.13 bits per heavy atom. The smallest absolute Gasteiger partial charge is 0.251 e. The van der Waals surface area contributed by atoms with E-state index in [1.807, 2.05) is 19.1 Å². The maximum atomic E-state index is 11.5. The van der Waals surface area contributed by atoms with E-state index in [0.29, 0.717) is 17.5 Å². The van der Waals surface area contributed by atoms with E-state index in [1.54, 1.807) is 12.1 Å². The summed E-state index contributed by atoms with van der Waals surface area (Å²) in [6.45, 7) is 1.94. The minimum atomic E-state index is -0.0759. The van der Waals surface area contributed by atoms with Gasteiger partial charge in [0.15, 0.2) is 0 Å². The Kier molecular flexibility index (Phi) is 2.37. The van der Waals surface area contributed by atoms with Crippen LogP contribution in [0.3, 0.4) is 0 Å². The molecule has 1 heterocycles. The molecule has 3 nitrogen and oxygen atoms in total. The Morgan fingerprint density at radius 3 is 2.80 bits per heavy atom. The molecule has 0 atom stereocenters. The zero-order chi connectivity index (χ0) is 10.8. The molecule has 0 amide bonds. The van der Waals surface area contributed by atoms with Gasteiger partial charge < -0.3 is 4.98 Å². The van der Waals surface area contributed by atoms with Crippen LogP contribution < -0.4 is 5.56 Å². The fourth-order valence-corrected chi connectivity index (χ4v) is 1.60. The standard InChI is InChI=1S/C12H11NO2/c1-2-9-6-10-4-3-8(7-14)5-11(10)13-12(9)15/h3-7H,2H2,1H3,(H,13,15). The molecule has 0 fully saturated rings. The highest BCUT2D eigenvalue weighted by atomic mass is 16.1. The number of aryl methyl sites for hydroxylation is 1. The van der Waals surface area contributed by atoms with E-state index in [1.165, 1.54) is 0 Å². The van der Waals surface area contributed by atoms with Gasteiger partial charge in [-0.1, -0.05) is 19.1 Å². The maximum Gasteiger partial charge on any atom is 0.251 e. The Morgan fingerprint density at radius 1 is 1.33 bits per heavy atom. The highest BCUT2D eigenvalue weighted by Gasteiger charge is 2.01. The van der Waals surface area contributed by atoms with Gasteiger partial charge in [0.2, 0.25) is 0 Å². The number of aldehydes is 1. The summed E-state index contributed by atoms with van der Waals surface area (Å²) in [5, 5.41) is 0.956. The zero-order valence-electron chi connectivity index (χ0n) is 8.41. The largest absolute Gasteiger partial charge is 0.322 e. The van der Waals surface area contributed by atoms with Crippen LogP contribution in [0.1, 0.15) is 22.8 Å². The van der Waals surface area contributed by atoms with E-state index < -0.39 is 0 Å². The number of aromatic amines is 1. The van der Waals surface area contributed by atoms with Crippen LogP contribution in [0.4, 0.5) is 0 Å². The van der Waals surface area contributed by atoms with Crippen molar-refractivity contribution >= 4 is 17.2 Å². The molecule has 1 aromatic carbocycles. The van der Waals surface area contributed by atoms with E-state index in [-0.39, 0.29) is 5.56 Å². The number of carbonyl (C=O) groups excluding carboxylic acids is 1. The number of hydrogen-bond acceptors (Lipinski definition) is 2. The zero-order valence-corrected chi connectivity index (χ0v) is 8.41. The summed E-state index contributed by atoms with van der Waals surface area (Å²) in [7, 11) is 0. The molecule has 1 aromatic heterocycles. The molecular formula is C12H11NO2. The summed E-state index contributed by atoms with van der Waals surface area (Å²) in [4.78, 5) is 24.9. The van der Waals surface area contributed by atoms with Gasteiger partial charge in [-0.25, -0.2) is 0 Å². The monoisotopic (exact) mass is 201 g/mol. The Bertz CT molecular complexity index is 569. The molecule has 0 unspecified atom stereocenters. The number of rotatable bonds is 2. The van der Waals surface area contributed by atoms with Crippen LogP contribution in [0.2, 0.25) is 0 Å². The van der Waals surface area contributed by atoms with Crippen LogP contribution in [0.5, 0.6) is 0 Å². The van der Waals surface area contributed by atoms with Crippen LogP contribution in [-0.2, 0) is 6.42 Å². The summed E-state index contributed by atoms with van der Waals surface area (Å²) in [5.41, 5.74) is 1.97. The minimum absolute atomic E-state index is 0.0759. The molecular weight excluding hydrogens is 190 g/mol. The van der Waals surface area contributed by atoms with Gasteiger partial charge in [-0.3, -0.25) is 9.59 Å². The van der Waals surface area contributed by atoms with Crippen LogP contribution in [0.15, 0.2) is 29.1 Å². The summed E-state index contributed by atoms with van der Waals surface area (Å²) in [5.74, 6) is 0. The SMILES string of the molecule is CCc1cc2ccc(C=O)cc2[nH]c1=O. The number of benzene rings is 1. The van der Waals surface area contributed by atoms with Crippen LogP contribution in [0.25, 0.3) is 10.9 Å². The Balaban J connectivity index is 2.75. The second-order valence-electron chi connectivity index (χ2n) is 3.44. The van der Waals surface area contributed by atoms with Crippen molar-refractivity contribution < 1.29 is 4.79 Å². The predicted molar refractivity (Wildman–Crippen MR) is 59.3 cm³/mol. The maximum absolute atomic E-state index is 11.5. The van der Waals surface area contributed by atoms with Gasteiger partial charge in [0.25, 0.3) is 5.56 Å². The molecule has 0 aliphatic rings. The van der Waals surface area contributed by atoms with Gasteiger partial charge in [-0.2, -0.15) is 0 Å². The summed E-state index contributed by atoms with van der Waals surface area (Å²) >= 11 is 0. The molecule has 3 heteroatoms.